The maximum Gasteiger partial charge on any atom is 0.361 e. The number of allylic oxidation sites excluding steroid dienone is 22. The highest BCUT2D eigenvalue weighted by Crippen LogP contribution is 2.19. The fourth-order valence-electron chi connectivity index (χ4n) is 12.3. The Morgan fingerprint density at radius 3 is 0.825 bits per heavy atom. The quantitative estimate of drug-likeness (QED) is 0.0211. The minimum atomic E-state index is -1.52. The summed E-state index contributed by atoms with van der Waals surface area (Å²) >= 11 is 0. The first-order valence-corrected chi connectivity index (χ1v) is 43.3. The highest BCUT2D eigenvalue weighted by atomic mass is 16.7. The number of aliphatic carboxylic acids is 1. The molecule has 0 aromatic carbocycles. The van der Waals surface area contributed by atoms with Crippen molar-refractivity contribution in [1.82, 2.24) is 0 Å². The summed E-state index contributed by atoms with van der Waals surface area (Å²) in [6, 6.07) is 0. The largest absolute Gasteiger partial charge is 0.477 e. The first-order valence-electron chi connectivity index (χ1n) is 43.3. The first kappa shape index (κ1) is 98.4. The molecule has 0 spiro atoms. The van der Waals surface area contributed by atoms with Crippen LogP contribution in [0.3, 0.4) is 0 Å². The van der Waals surface area contributed by atoms with E-state index in [2.05, 4.69) is 148 Å². The summed E-state index contributed by atoms with van der Waals surface area (Å²) in [4.78, 5) is 37.8. The summed E-state index contributed by atoms with van der Waals surface area (Å²) in [7, 11) is 5.99. The summed E-state index contributed by atoms with van der Waals surface area (Å²) in [6.45, 7) is 4.79. The van der Waals surface area contributed by atoms with Gasteiger partial charge in [-0.1, -0.05) is 392 Å². The molecule has 0 aromatic heterocycles. The lowest BCUT2D eigenvalue weighted by atomic mass is 10.0. The van der Waals surface area contributed by atoms with Crippen LogP contribution >= 0.6 is 0 Å². The van der Waals surface area contributed by atoms with Crippen molar-refractivity contribution in [1.29, 1.82) is 0 Å². The number of carboxylic acids is 1. The molecule has 0 amide bonds. The van der Waals surface area contributed by atoms with Crippen LogP contribution in [0.5, 0.6) is 0 Å². The maximum atomic E-state index is 13.0. The number of hydrogen-bond donors (Lipinski definition) is 1. The average molecular weight is 1440 g/mol. The molecule has 1 N–H and O–H groups in total. The van der Waals surface area contributed by atoms with E-state index in [1.165, 1.54) is 250 Å². The fourth-order valence-corrected chi connectivity index (χ4v) is 12.3. The standard InChI is InChI=1S/C94H163NO8/c1-6-8-10-12-14-16-18-20-22-24-26-28-30-32-34-36-38-40-42-44-45-46-47-49-51-53-55-57-59-61-63-65-67-69-71-73-75-77-79-81-83-85-92(97)103-90(89-102-94(93(98)99)100-87-86-95(3,4)5)88-101-91(96)84-82-80-78-76-74-72-70-68-66-64-62-60-58-56-54-52-50-48-43-41-39-37-35-33-31-29-27-25-23-21-19-17-15-13-11-9-7-2/h8,10,14,16,19-22,25-28,32,34,38,40,44-45,47,49,53,55,90,94H,6-7,9,11-13,15,17-18,23-24,29-31,33,35-37,39,41-43,46,48,50-52,54,56-89H2,1-5H3/p+1/b10-8-,16-14-,21-19-,22-20-,27-25-,28-26-,34-32-,40-38-,45-44-,49-47-,55-53-. The normalized spacial score (nSPS) is 13.3. The number of hydrogen-bond acceptors (Lipinski definition) is 7. The van der Waals surface area contributed by atoms with Gasteiger partial charge in [-0.25, -0.2) is 4.79 Å². The molecule has 9 nitrogen and oxygen atoms in total. The predicted molar refractivity (Wildman–Crippen MR) is 447 cm³/mol. The molecule has 9 heteroatoms. The van der Waals surface area contributed by atoms with Gasteiger partial charge in [0.2, 0.25) is 0 Å². The molecule has 0 radical (unpaired) electrons. The van der Waals surface area contributed by atoms with Crippen molar-refractivity contribution in [3.8, 4) is 0 Å². The van der Waals surface area contributed by atoms with E-state index >= 15 is 0 Å². The Kier molecular flexibility index (Phi) is 79.4. The number of likely N-dealkylation sites (N-methyl/N-ethyl adjacent to an activating group) is 1. The van der Waals surface area contributed by atoms with E-state index in [1.54, 1.807) is 0 Å². The van der Waals surface area contributed by atoms with Crippen molar-refractivity contribution >= 4 is 17.9 Å². The minimum absolute atomic E-state index is 0.183. The van der Waals surface area contributed by atoms with Gasteiger partial charge in [0.1, 0.15) is 13.2 Å². The SMILES string of the molecule is CC/C=C\C/C=C\C/C=C\C/C=C\C/C=C\C/C=C\C/C=C\C/C=C\C/C=C\CCCCCCCCCCCCCCCC(=O)OC(COC(=O)CCCCCCCCCCCCCCCCCCCCCCCCCCC/C=C\C/C=C\CCCCCCC)COC(OCC[N+](C)(C)C)C(=O)O. The van der Waals surface area contributed by atoms with Crippen LogP contribution in [0.1, 0.15) is 386 Å². The Balaban J connectivity index is 4.00. The Bertz CT molecular complexity index is 2170. The van der Waals surface area contributed by atoms with Crippen molar-refractivity contribution in [2.75, 3.05) is 47.5 Å². The predicted octanol–water partition coefficient (Wildman–Crippen LogP) is 28.4. The molecule has 0 aromatic rings. The Morgan fingerprint density at radius 1 is 0.301 bits per heavy atom. The molecule has 0 heterocycles. The summed E-state index contributed by atoms with van der Waals surface area (Å²) in [5.41, 5.74) is 0. The van der Waals surface area contributed by atoms with Crippen LogP contribution in [-0.4, -0.2) is 87.4 Å². The van der Waals surface area contributed by atoms with Gasteiger partial charge in [0.05, 0.1) is 34.4 Å². The van der Waals surface area contributed by atoms with E-state index in [0.717, 1.165) is 103 Å². The summed E-state index contributed by atoms with van der Waals surface area (Å²) < 4.78 is 23.1. The number of ether oxygens (including phenoxy) is 4. The van der Waals surface area contributed by atoms with E-state index < -0.39 is 24.3 Å². The number of quaternary nitrogens is 1. The number of carbonyl (C=O) groups excluding carboxylic acids is 2. The third-order valence-corrected chi connectivity index (χ3v) is 18.9. The van der Waals surface area contributed by atoms with Crippen LogP contribution in [0.25, 0.3) is 0 Å². The average Bonchev–Trinajstić information content (AvgIpc) is 1.01. The van der Waals surface area contributed by atoms with Crippen LogP contribution in [-0.2, 0) is 33.3 Å². The van der Waals surface area contributed by atoms with Crippen LogP contribution in [0.15, 0.2) is 134 Å². The second-order valence-electron chi connectivity index (χ2n) is 30.1. The first-order chi connectivity index (χ1) is 50.6. The van der Waals surface area contributed by atoms with Crippen LogP contribution < -0.4 is 0 Å². The molecule has 0 saturated heterocycles. The second kappa shape index (κ2) is 83.1. The molecule has 0 aliphatic carbocycles. The molecule has 592 valence electrons. The Labute approximate surface area is 637 Å². The molecule has 0 saturated carbocycles. The molecule has 103 heavy (non-hydrogen) atoms. The zero-order valence-corrected chi connectivity index (χ0v) is 67.9. The highest BCUT2D eigenvalue weighted by Gasteiger charge is 2.25. The number of unbranched alkanes of at least 4 members (excludes halogenated alkanes) is 43. The van der Waals surface area contributed by atoms with Gasteiger partial charge in [-0.3, -0.25) is 9.59 Å². The zero-order chi connectivity index (χ0) is 74.6. The van der Waals surface area contributed by atoms with Crippen LogP contribution in [0, 0.1) is 0 Å². The molecule has 0 aliphatic heterocycles. The third kappa shape index (κ3) is 84.6. The number of rotatable bonds is 80. The number of carboxylic acid groups (broad SMARTS) is 1. The number of esters is 2. The molecular weight excluding hydrogens is 1270 g/mol. The molecular formula is C94H164NO8+. The van der Waals surface area contributed by atoms with E-state index in [9.17, 15) is 19.5 Å². The molecule has 0 fully saturated rings. The van der Waals surface area contributed by atoms with Crippen LogP contribution in [0.4, 0.5) is 0 Å². The zero-order valence-electron chi connectivity index (χ0n) is 67.9. The molecule has 0 aliphatic rings. The molecule has 2 atom stereocenters. The summed E-state index contributed by atoms with van der Waals surface area (Å²) in [5.74, 6) is -1.99. The smallest absolute Gasteiger partial charge is 0.361 e. The van der Waals surface area contributed by atoms with Gasteiger partial charge < -0.3 is 28.5 Å². The van der Waals surface area contributed by atoms with Gasteiger partial charge >= 0.3 is 17.9 Å². The van der Waals surface area contributed by atoms with Crippen molar-refractivity contribution in [3.05, 3.63) is 134 Å². The highest BCUT2D eigenvalue weighted by molar-refractivity contribution is 5.71. The van der Waals surface area contributed by atoms with Crippen molar-refractivity contribution in [3.63, 3.8) is 0 Å². The third-order valence-electron chi connectivity index (χ3n) is 18.9. The Morgan fingerprint density at radius 2 is 0.553 bits per heavy atom. The minimum Gasteiger partial charge on any atom is -0.477 e. The van der Waals surface area contributed by atoms with Gasteiger partial charge in [0.15, 0.2) is 6.10 Å². The number of carbonyl (C=O) groups is 3. The fraction of sp³-hybridized carbons (Fsp3) is 0.734. The lowest BCUT2D eigenvalue weighted by Crippen LogP contribution is -2.40. The van der Waals surface area contributed by atoms with Gasteiger partial charge in [-0.15, -0.1) is 0 Å². The second-order valence-corrected chi connectivity index (χ2v) is 30.1. The van der Waals surface area contributed by atoms with Crippen molar-refractivity contribution < 1.29 is 42.9 Å². The van der Waals surface area contributed by atoms with Crippen molar-refractivity contribution in [2.24, 2.45) is 0 Å². The van der Waals surface area contributed by atoms with Gasteiger partial charge in [0.25, 0.3) is 6.29 Å². The lowest BCUT2D eigenvalue weighted by Gasteiger charge is -2.25. The van der Waals surface area contributed by atoms with E-state index in [-0.39, 0.29) is 32.2 Å². The monoisotopic (exact) mass is 1440 g/mol. The van der Waals surface area contributed by atoms with Gasteiger partial charge in [-0.2, -0.15) is 0 Å². The topological polar surface area (TPSA) is 108 Å². The number of nitrogens with zero attached hydrogens (tertiary/aromatic N) is 1. The lowest BCUT2D eigenvalue weighted by molar-refractivity contribution is -0.870. The Hall–Kier alpha value is -4.57. The molecule has 2 unspecified atom stereocenters. The summed E-state index contributed by atoms with van der Waals surface area (Å²) in [6.07, 6.45) is 118. The van der Waals surface area contributed by atoms with Crippen LogP contribution in [0.2, 0.25) is 0 Å². The maximum absolute atomic E-state index is 13.0. The van der Waals surface area contributed by atoms with E-state index in [0.29, 0.717) is 23.9 Å². The summed E-state index contributed by atoms with van der Waals surface area (Å²) in [5, 5.41) is 9.79. The molecule has 0 rings (SSSR count). The van der Waals surface area contributed by atoms with E-state index in [1.807, 2.05) is 21.1 Å². The van der Waals surface area contributed by atoms with Gasteiger partial charge in [0, 0.05) is 12.8 Å². The van der Waals surface area contributed by atoms with E-state index in [4.69, 9.17) is 18.9 Å². The van der Waals surface area contributed by atoms with Crippen molar-refractivity contribution in [2.45, 2.75) is 399 Å². The molecule has 0 bridgehead atoms. The van der Waals surface area contributed by atoms with Gasteiger partial charge in [-0.05, 0) is 116 Å².